The van der Waals surface area contributed by atoms with Crippen molar-refractivity contribution in [2.45, 2.75) is 13.0 Å². The largest absolute Gasteiger partial charge is 0.375 e. The zero-order chi connectivity index (χ0) is 12.3. The third kappa shape index (κ3) is 7.07. The lowest BCUT2D eigenvalue weighted by Gasteiger charge is -2.16. The molecule has 0 bridgehead atoms. The van der Waals surface area contributed by atoms with E-state index >= 15 is 0 Å². The van der Waals surface area contributed by atoms with Gasteiger partial charge in [0.25, 0.3) is 0 Å². The minimum atomic E-state index is 0.606. The van der Waals surface area contributed by atoms with Crippen LogP contribution in [0.25, 0.3) is 0 Å². The van der Waals surface area contributed by atoms with E-state index in [4.69, 9.17) is 10.6 Å². The van der Waals surface area contributed by atoms with Gasteiger partial charge in [0.2, 0.25) is 0 Å². The fourth-order valence-electron chi connectivity index (χ4n) is 1.51. The van der Waals surface area contributed by atoms with Crippen LogP contribution in [0.1, 0.15) is 12.0 Å². The molecule has 96 valence electrons. The first-order valence-corrected chi connectivity index (χ1v) is 5.95. The zero-order valence-corrected chi connectivity index (χ0v) is 10.5. The maximum atomic E-state index is 5.60. The molecule has 17 heavy (non-hydrogen) atoms. The first-order chi connectivity index (χ1) is 8.33. The lowest BCUT2D eigenvalue weighted by molar-refractivity contribution is 0.0915. The Hall–Kier alpha value is -0.940. The molecule has 0 aliphatic heterocycles. The van der Waals surface area contributed by atoms with Crippen molar-refractivity contribution in [1.82, 2.24) is 4.90 Å². The third-order valence-corrected chi connectivity index (χ3v) is 2.53. The van der Waals surface area contributed by atoms with Crippen molar-refractivity contribution in [3.05, 3.63) is 35.9 Å². The molecule has 0 fully saturated rings. The van der Waals surface area contributed by atoms with Crippen molar-refractivity contribution in [2.24, 2.45) is 5.90 Å². The summed E-state index contributed by atoms with van der Waals surface area (Å²) in [6.07, 6.45) is 0.950. The molecule has 0 radical (unpaired) electrons. The number of benzene rings is 1. The third-order valence-electron chi connectivity index (χ3n) is 2.53. The van der Waals surface area contributed by atoms with Gasteiger partial charge in [-0.1, -0.05) is 30.3 Å². The molecule has 0 aliphatic carbocycles. The van der Waals surface area contributed by atoms with Gasteiger partial charge in [-0.2, -0.15) is 0 Å². The topological polar surface area (TPSA) is 47.7 Å². The molecule has 0 spiro atoms. The van der Waals surface area contributed by atoms with E-state index in [-0.39, 0.29) is 0 Å². The minimum absolute atomic E-state index is 0.606. The molecule has 0 saturated carbocycles. The van der Waals surface area contributed by atoms with Crippen LogP contribution in [0.4, 0.5) is 0 Å². The van der Waals surface area contributed by atoms with Crippen LogP contribution in [-0.2, 0) is 16.2 Å². The quantitative estimate of drug-likeness (QED) is 0.522. The fourth-order valence-corrected chi connectivity index (χ4v) is 1.51. The molecular formula is C13H22N2O2. The smallest absolute Gasteiger partial charge is 0.0717 e. The molecule has 0 heterocycles. The average Bonchev–Trinajstić information content (AvgIpc) is 2.36. The SMILES string of the molecule is CN(CCCON)CCOCc1ccccc1. The van der Waals surface area contributed by atoms with E-state index in [2.05, 4.69) is 28.9 Å². The van der Waals surface area contributed by atoms with Crippen molar-refractivity contribution in [1.29, 1.82) is 0 Å². The highest BCUT2D eigenvalue weighted by molar-refractivity contribution is 5.13. The van der Waals surface area contributed by atoms with Crippen molar-refractivity contribution in [3.63, 3.8) is 0 Å². The summed E-state index contributed by atoms with van der Waals surface area (Å²) in [7, 11) is 2.07. The summed E-state index contributed by atoms with van der Waals surface area (Å²) in [5.41, 5.74) is 1.21. The number of likely N-dealkylation sites (N-methyl/N-ethyl adjacent to an activating group) is 1. The molecule has 0 amide bonds. The summed E-state index contributed by atoms with van der Waals surface area (Å²) < 4.78 is 5.60. The Morgan fingerprint density at radius 3 is 2.59 bits per heavy atom. The predicted molar refractivity (Wildman–Crippen MR) is 68.4 cm³/mol. The maximum Gasteiger partial charge on any atom is 0.0717 e. The van der Waals surface area contributed by atoms with E-state index in [1.165, 1.54) is 5.56 Å². The van der Waals surface area contributed by atoms with Crippen molar-refractivity contribution >= 4 is 0 Å². The highest BCUT2D eigenvalue weighted by Crippen LogP contribution is 2.00. The molecule has 2 N–H and O–H groups in total. The molecule has 0 aromatic heterocycles. The maximum absolute atomic E-state index is 5.60. The molecule has 1 aromatic carbocycles. The van der Waals surface area contributed by atoms with Gasteiger partial charge in [0.15, 0.2) is 0 Å². The van der Waals surface area contributed by atoms with Gasteiger partial charge in [-0.05, 0) is 19.0 Å². The predicted octanol–water partition coefficient (Wildman–Crippen LogP) is 1.42. The van der Waals surface area contributed by atoms with Crippen LogP contribution in [0.15, 0.2) is 30.3 Å². The number of hydrogen-bond donors (Lipinski definition) is 1. The van der Waals surface area contributed by atoms with Crippen molar-refractivity contribution < 1.29 is 9.57 Å². The van der Waals surface area contributed by atoms with Crippen LogP contribution in [0.5, 0.6) is 0 Å². The highest BCUT2D eigenvalue weighted by Gasteiger charge is 1.98. The van der Waals surface area contributed by atoms with Gasteiger partial charge in [0.1, 0.15) is 0 Å². The van der Waals surface area contributed by atoms with E-state index in [1.54, 1.807) is 0 Å². The Labute approximate surface area is 103 Å². The second kappa shape index (κ2) is 9.13. The molecule has 0 unspecified atom stereocenters. The molecule has 4 nitrogen and oxygen atoms in total. The Morgan fingerprint density at radius 1 is 1.12 bits per heavy atom. The van der Waals surface area contributed by atoms with Gasteiger partial charge in [-0.3, -0.25) is 0 Å². The lowest BCUT2D eigenvalue weighted by Crippen LogP contribution is -2.25. The lowest BCUT2D eigenvalue weighted by atomic mass is 10.2. The molecule has 1 rings (SSSR count). The standard InChI is InChI=1S/C13H22N2O2/c1-15(8-5-10-17-14)9-11-16-12-13-6-3-2-4-7-13/h2-4,6-7H,5,8-12,14H2,1H3. The summed E-state index contributed by atoms with van der Waals surface area (Å²) in [6.45, 7) is 3.94. The summed E-state index contributed by atoms with van der Waals surface area (Å²) in [5.74, 6) is 4.96. The van der Waals surface area contributed by atoms with Gasteiger partial charge in [-0.15, -0.1) is 0 Å². The number of nitrogens with two attached hydrogens (primary N) is 1. The Balaban J connectivity index is 2.00. The molecule has 4 heteroatoms. The number of hydrogen-bond acceptors (Lipinski definition) is 4. The number of nitrogens with zero attached hydrogens (tertiary/aromatic N) is 1. The zero-order valence-electron chi connectivity index (χ0n) is 10.5. The summed E-state index contributed by atoms with van der Waals surface area (Å²) >= 11 is 0. The Morgan fingerprint density at radius 2 is 1.88 bits per heavy atom. The van der Waals surface area contributed by atoms with E-state index in [1.807, 2.05) is 18.2 Å². The molecule has 1 aromatic rings. The fraction of sp³-hybridized carbons (Fsp3) is 0.538. The first kappa shape index (κ1) is 14.1. The van der Waals surface area contributed by atoms with E-state index in [9.17, 15) is 0 Å². The Kier molecular flexibility index (Phi) is 7.58. The average molecular weight is 238 g/mol. The Bertz CT molecular complexity index is 280. The van der Waals surface area contributed by atoms with Gasteiger partial charge < -0.3 is 14.5 Å². The number of ether oxygens (including phenoxy) is 1. The molecule has 0 atom stereocenters. The van der Waals surface area contributed by atoms with E-state index in [0.29, 0.717) is 13.2 Å². The summed E-state index contributed by atoms with van der Waals surface area (Å²) in [6, 6.07) is 10.2. The minimum Gasteiger partial charge on any atom is -0.375 e. The van der Waals surface area contributed by atoms with Crippen LogP contribution in [0.2, 0.25) is 0 Å². The van der Waals surface area contributed by atoms with Gasteiger partial charge >= 0.3 is 0 Å². The molecule has 0 aliphatic rings. The number of rotatable bonds is 9. The monoisotopic (exact) mass is 238 g/mol. The first-order valence-electron chi connectivity index (χ1n) is 5.95. The summed E-state index contributed by atoms with van der Waals surface area (Å²) in [5, 5.41) is 0. The van der Waals surface area contributed by atoms with Crippen LogP contribution in [0.3, 0.4) is 0 Å². The molecular weight excluding hydrogens is 216 g/mol. The van der Waals surface area contributed by atoms with E-state index < -0.39 is 0 Å². The van der Waals surface area contributed by atoms with Gasteiger partial charge in [0, 0.05) is 13.1 Å². The molecule has 0 saturated heterocycles. The summed E-state index contributed by atoms with van der Waals surface area (Å²) in [4.78, 5) is 6.73. The normalized spacial score (nSPS) is 11.0. The van der Waals surface area contributed by atoms with Crippen LogP contribution >= 0.6 is 0 Å². The second-order valence-electron chi connectivity index (χ2n) is 4.07. The second-order valence-corrected chi connectivity index (χ2v) is 4.07. The van der Waals surface area contributed by atoms with Crippen molar-refractivity contribution in [3.8, 4) is 0 Å². The van der Waals surface area contributed by atoms with Crippen LogP contribution in [-0.4, -0.2) is 38.3 Å². The van der Waals surface area contributed by atoms with E-state index in [0.717, 1.165) is 26.1 Å². The van der Waals surface area contributed by atoms with Gasteiger partial charge in [-0.25, -0.2) is 5.90 Å². The highest BCUT2D eigenvalue weighted by atomic mass is 16.6. The van der Waals surface area contributed by atoms with Gasteiger partial charge in [0.05, 0.1) is 19.8 Å². The van der Waals surface area contributed by atoms with Crippen LogP contribution < -0.4 is 5.90 Å². The van der Waals surface area contributed by atoms with Crippen molar-refractivity contribution in [2.75, 3.05) is 33.4 Å². The van der Waals surface area contributed by atoms with Crippen LogP contribution in [0, 0.1) is 0 Å².